The quantitative estimate of drug-likeness (QED) is 0.918. The molecule has 1 atom stereocenters. The van der Waals surface area contributed by atoms with Gasteiger partial charge in [0.2, 0.25) is 6.10 Å². The van der Waals surface area contributed by atoms with E-state index in [4.69, 9.17) is 18.9 Å². The van der Waals surface area contributed by atoms with Crippen LogP contribution in [0.25, 0.3) is 0 Å². The zero-order valence-electron chi connectivity index (χ0n) is 13.0. The number of rotatable bonds is 2. The van der Waals surface area contributed by atoms with Gasteiger partial charge in [0.05, 0.1) is 13.2 Å². The van der Waals surface area contributed by atoms with Crippen LogP contribution in [0.5, 0.6) is 23.0 Å². The molecule has 6 heteroatoms. The van der Waals surface area contributed by atoms with Crippen LogP contribution in [0.2, 0.25) is 0 Å². The molecule has 0 saturated heterocycles. The maximum Gasteiger partial charge on any atom is 0.269 e. The molecule has 1 N–H and O–H groups in total. The summed E-state index contributed by atoms with van der Waals surface area (Å²) in [6.07, 6.45) is 0.138. The topological polar surface area (TPSA) is 66.0 Å². The van der Waals surface area contributed by atoms with E-state index in [0.717, 1.165) is 6.42 Å². The van der Waals surface area contributed by atoms with Gasteiger partial charge in [-0.1, -0.05) is 12.1 Å². The molecule has 2 heterocycles. The van der Waals surface area contributed by atoms with E-state index >= 15 is 0 Å². The third-order valence-electron chi connectivity index (χ3n) is 3.82. The number of benzene rings is 2. The Kier molecular flexibility index (Phi) is 3.86. The number of nitrogens with one attached hydrogen (secondary N) is 1. The summed E-state index contributed by atoms with van der Waals surface area (Å²) in [6.45, 7) is 1.40. The van der Waals surface area contributed by atoms with Crippen molar-refractivity contribution in [2.75, 3.05) is 25.1 Å². The first-order valence-corrected chi connectivity index (χ1v) is 7.88. The monoisotopic (exact) mass is 327 g/mol. The molecular weight excluding hydrogens is 310 g/mol. The predicted octanol–water partition coefficient (Wildman–Crippen LogP) is 2.63. The number of anilines is 1. The van der Waals surface area contributed by atoms with E-state index < -0.39 is 6.10 Å². The SMILES string of the molecule is O=C(Nc1ccc2c(c1)OCCCO2)[C@@H]1COc2ccccc2O1. The molecule has 2 aromatic carbocycles. The second-order valence-electron chi connectivity index (χ2n) is 5.57. The summed E-state index contributed by atoms with van der Waals surface area (Å²) >= 11 is 0. The molecule has 2 aliphatic rings. The molecule has 0 aromatic heterocycles. The number of para-hydroxylation sites is 2. The van der Waals surface area contributed by atoms with Gasteiger partial charge in [0.1, 0.15) is 6.61 Å². The van der Waals surface area contributed by atoms with E-state index in [9.17, 15) is 4.79 Å². The molecular formula is C18H17NO5. The average Bonchev–Trinajstić information content (AvgIpc) is 2.86. The van der Waals surface area contributed by atoms with Crippen LogP contribution >= 0.6 is 0 Å². The Morgan fingerprint density at radius 2 is 1.67 bits per heavy atom. The largest absolute Gasteiger partial charge is 0.490 e. The van der Waals surface area contributed by atoms with Gasteiger partial charge in [0, 0.05) is 18.2 Å². The fourth-order valence-electron chi connectivity index (χ4n) is 2.61. The molecule has 0 bridgehead atoms. The number of ether oxygens (including phenoxy) is 4. The lowest BCUT2D eigenvalue weighted by Crippen LogP contribution is -2.40. The highest BCUT2D eigenvalue weighted by Crippen LogP contribution is 2.33. The van der Waals surface area contributed by atoms with Crippen molar-refractivity contribution in [1.29, 1.82) is 0 Å². The van der Waals surface area contributed by atoms with Gasteiger partial charge in [0.15, 0.2) is 23.0 Å². The van der Waals surface area contributed by atoms with Gasteiger partial charge in [-0.25, -0.2) is 0 Å². The predicted molar refractivity (Wildman–Crippen MR) is 87.0 cm³/mol. The first-order valence-electron chi connectivity index (χ1n) is 7.88. The van der Waals surface area contributed by atoms with Crippen molar-refractivity contribution in [3.63, 3.8) is 0 Å². The van der Waals surface area contributed by atoms with Gasteiger partial charge in [-0.05, 0) is 24.3 Å². The first-order chi connectivity index (χ1) is 11.8. The molecule has 124 valence electrons. The van der Waals surface area contributed by atoms with Gasteiger partial charge in [-0.3, -0.25) is 4.79 Å². The van der Waals surface area contributed by atoms with Crippen LogP contribution in [0.4, 0.5) is 5.69 Å². The van der Waals surface area contributed by atoms with Crippen LogP contribution in [-0.2, 0) is 4.79 Å². The lowest BCUT2D eigenvalue weighted by Gasteiger charge is -2.25. The molecule has 24 heavy (non-hydrogen) atoms. The summed E-state index contributed by atoms with van der Waals surface area (Å²) in [4.78, 5) is 12.4. The summed E-state index contributed by atoms with van der Waals surface area (Å²) in [6, 6.07) is 12.6. The Labute approximate surface area is 139 Å². The molecule has 2 aromatic rings. The van der Waals surface area contributed by atoms with Gasteiger partial charge in [0.25, 0.3) is 5.91 Å². The minimum atomic E-state index is -0.698. The number of carbonyl (C=O) groups excluding carboxylic acids is 1. The first kappa shape index (κ1) is 14.7. The lowest BCUT2D eigenvalue weighted by molar-refractivity contribution is -0.125. The zero-order valence-corrected chi connectivity index (χ0v) is 13.0. The van der Waals surface area contributed by atoms with Gasteiger partial charge < -0.3 is 24.3 Å². The minimum Gasteiger partial charge on any atom is -0.490 e. The van der Waals surface area contributed by atoms with Crippen molar-refractivity contribution in [3.8, 4) is 23.0 Å². The molecule has 1 amide bonds. The third kappa shape index (κ3) is 2.95. The van der Waals surface area contributed by atoms with E-state index in [0.29, 0.717) is 41.9 Å². The number of amides is 1. The summed E-state index contributed by atoms with van der Waals surface area (Å²) in [5, 5.41) is 2.83. The van der Waals surface area contributed by atoms with E-state index in [-0.39, 0.29) is 12.5 Å². The van der Waals surface area contributed by atoms with Crippen molar-refractivity contribution in [1.82, 2.24) is 0 Å². The average molecular weight is 327 g/mol. The lowest BCUT2D eigenvalue weighted by atomic mass is 10.2. The van der Waals surface area contributed by atoms with Crippen LogP contribution in [0.3, 0.4) is 0 Å². The van der Waals surface area contributed by atoms with Crippen molar-refractivity contribution in [3.05, 3.63) is 42.5 Å². The van der Waals surface area contributed by atoms with Crippen molar-refractivity contribution >= 4 is 11.6 Å². The Balaban J connectivity index is 1.46. The maximum atomic E-state index is 12.4. The number of carbonyl (C=O) groups is 1. The van der Waals surface area contributed by atoms with E-state index in [1.807, 2.05) is 18.2 Å². The Hall–Kier alpha value is -2.89. The van der Waals surface area contributed by atoms with Gasteiger partial charge >= 0.3 is 0 Å². The molecule has 6 nitrogen and oxygen atoms in total. The molecule has 0 unspecified atom stereocenters. The molecule has 2 aliphatic heterocycles. The highest BCUT2D eigenvalue weighted by molar-refractivity contribution is 5.95. The Bertz CT molecular complexity index is 761. The van der Waals surface area contributed by atoms with Crippen LogP contribution in [0.15, 0.2) is 42.5 Å². The molecule has 0 saturated carbocycles. The highest BCUT2D eigenvalue weighted by atomic mass is 16.6. The molecule has 0 aliphatic carbocycles. The van der Waals surface area contributed by atoms with Crippen LogP contribution < -0.4 is 24.3 Å². The normalized spacial score (nSPS) is 18.4. The summed E-state index contributed by atoms with van der Waals surface area (Å²) in [5.41, 5.74) is 0.631. The molecule has 4 rings (SSSR count). The van der Waals surface area contributed by atoms with Crippen LogP contribution in [0, 0.1) is 0 Å². The summed E-state index contributed by atoms with van der Waals surface area (Å²) in [7, 11) is 0. The Morgan fingerprint density at radius 3 is 2.54 bits per heavy atom. The highest BCUT2D eigenvalue weighted by Gasteiger charge is 2.27. The second-order valence-corrected chi connectivity index (χ2v) is 5.57. The third-order valence-corrected chi connectivity index (χ3v) is 3.82. The maximum absolute atomic E-state index is 12.4. The van der Waals surface area contributed by atoms with Crippen molar-refractivity contribution in [2.24, 2.45) is 0 Å². The summed E-state index contributed by atoms with van der Waals surface area (Å²) in [5.74, 6) is 2.28. The van der Waals surface area contributed by atoms with Gasteiger partial charge in [-0.15, -0.1) is 0 Å². The van der Waals surface area contributed by atoms with Gasteiger partial charge in [-0.2, -0.15) is 0 Å². The molecule has 0 spiro atoms. The fourth-order valence-corrected chi connectivity index (χ4v) is 2.61. The fraction of sp³-hybridized carbons (Fsp3) is 0.278. The number of hydrogen-bond acceptors (Lipinski definition) is 5. The number of fused-ring (bicyclic) bond motifs is 2. The summed E-state index contributed by atoms with van der Waals surface area (Å²) < 4.78 is 22.5. The Morgan fingerprint density at radius 1 is 0.917 bits per heavy atom. The van der Waals surface area contributed by atoms with Crippen molar-refractivity contribution in [2.45, 2.75) is 12.5 Å². The van der Waals surface area contributed by atoms with E-state index in [1.54, 1.807) is 24.3 Å². The smallest absolute Gasteiger partial charge is 0.269 e. The number of hydrogen-bond donors (Lipinski definition) is 1. The standard InChI is InChI=1S/C18H17NO5/c20-18(17-11-23-13-4-1-2-5-15(13)24-17)19-12-6-7-14-16(10-12)22-9-3-8-21-14/h1-2,4-7,10,17H,3,8-9,11H2,(H,19,20)/t17-/m0/s1. The second kappa shape index (κ2) is 6.31. The zero-order chi connectivity index (χ0) is 16.4. The van der Waals surface area contributed by atoms with E-state index in [2.05, 4.69) is 5.32 Å². The van der Waals surface area contributed by atoms with Crippen molar-refractivity contribution < 1.29 is 23.7 Å². The molecule has 0 radical (unpaired) electrons. The minimum absolute atomic E-state index is 0.174. The molecule has 0 fully saturated rings. The van der Waals surface area contributed by atoms with Crippen LogP contribution in [0.1, 0.15) is 6.42 Å². The van der Waals surface area contributed by atoms with Crippen LogP contribution in [-0.4, -0.2) is 31.8 Å². The van der Waals surface area contributed by atoms with E-state index in [1.165, 1.54) is 0 Å².